The molecule has 2 aliphatic heterocycles. The van der Waals surface area contributed by atoms with Gasteiger partial charge >= 0.3 is 0 Å². The highest BCUT2D eigenvalue weighted by atomic mass is 35.5. The number of benzene rings is 3. The van der Waals surface area contributed by atoms with E-state index in [-0.39, 0.29) is 33.9 Å². The quantitative estimate of drug-likeness (QED) is 0.431. The SMILES string of the molecule is O=C(C1CCCO1)N1CCN(c2ncnc3c(F)c(-c4cc(O)cc5ccccc45)c(Cl)cc23)CC1. The Labute approximate surface area is 212 Å². The molecule has 1 N–H and O–H groups in total. The van der Waals surface area contributed by atoms with Crippen molar-refractivity contribution < 1.29 is 19.0 Å². The molecule has 9 heteroatoms. The fraction of sp³-hybridized carbons (Fsp3) is 0.296. The van der Waals surface area contributed by atoms with Gasteiger partial charge in [-0.05, 0) is 47.4 Å². The maximum Gasteiger partial charge on any atom is 0.251 e. The number of ether oxygens (including phenoxy) is 1. The number of phenols is 1. The van der Waals surface area contributed by atoms with E-state index in [1.807, 2.05) is 34.1 Å². The number of aromatic hydroxyl groups is 1. The molecule has 1 aromatic heterocycles. The van der Waals surface area contributed by atoms with Crippen LogP contribution in [0.3, 0.4) is 0 Å². The molecule has 1 atom stereocenters. The molecule has 0 aliphatic carbocycles. The number of anilines is 1. The third-order valence-corrected chi connectivity index (χ3v) is 7.31. The predicted octanol–water partition coefficient (Wildman–Crippen LogP) is 4.78. The van der Waals surface area contributed by atoms with Crippen LogP contribution in [0.25, 0.3) is 32.8 Å². The lowest BCUT2D eigenvalue weighted by Gasteiger charge is -2.36. The largest absolute Gasteiger partial charge is 0.508 e. The van der Waals surface area contributed by atoms with Gasteiger partial charge in [0.25, 0.3) is 5.91 Å². The molecule has 3 aromatic carbocycles. The molecule has 2 fully saturated rings. The Hall–Kier alpha value is -3.49. The van der Waals surface area contributed by atoms with Crippen LogP contribution >= 0.6 is 11.6 Å². The monoisotopic (exact) mass is 506 g/mol. The summed E-state index contributed by atoms with van der Waals surface area (Å²) in [6.07, 6.45) is 2.69. The molecule has 0 bridgehead atoms. The third kappa shape index (κ3) is 3.90. The Balaban J connectivity index is 1.36. The van der Waals surface area contributed by atoms with Crippen molar-refractivity contribution in [1.82, 2.24) is 14.9 Å². The minimum atomic E-state index is -0.566. The standard InChI is InChI=1S/C27H24ClFN4O3/c28-21-14-20-25(24(29)23(21)19-13-17(34)12-16-4-1-2-5-18(16)19)30-15-31-26(20)32-7-9-33(10-8-32)27(35)22-6-3-11-36-22/h1-2,4-5,12-15,22,34H,3,6-11H2. The second-order valence-electron chi connectivity index (χ2n) is 9.17. The summed E-state index contributed by atoms with van der Waals surface area (Å²) in [5, 5.41) is 12.5. The molecule has 1 unspecified atom stereocenters. The van der Waals surface area contributed by atoms with Crippen molar-refractivity contribution in [3.05, 3.63) is 59.6 Å². The van der Waals surface area contributed by atoms with E-state index in [2.05, 4.69) is 9.97 Å². The maximum atomic E-state index is 16.0. The van der Waals surface area contributed by atoms with Crippen molar-refractivity contribution in [2.45, 2.75) is 18.9 Å². The van der Waals surface area contributed by atoms with Crippen LogP contribution in [0.2, 0.25) is 5.02 Å². The van der Waals surface area contributed by atoms with E-state index in [1.54, 1.807) is 12.1 Å². The number of phenolic OH excluding ortho intramolecular Hbond substituents is 1. The van der Waals surface area contributed by atoms with Crippen molar-refractivity contribution in [1.29, 1.82) is 0 Å². The van der Waals surface area contributed by atoms with E-state index < -0.39 is 5.82 Å². The first kappa shape index (κ1) is 22.9. The predicted molar refractivity (Wildman–Crippen MR) is 137 cm³/mol. The Morgan fingerprint density at radius 3 is 2.67 bits per heavy atom. The Morgan fingerprint density at radius 2 is 1.89 bits per heavy atom. The molecule has 7 nitrogen and oxygen atoms in total. The lowest BCUT2D eigenvalue weighted by molar-refractivity contribution is -0.141. The number of rotatable bonds is 3. The first-order valence-electron chi connectivity index (χ1n) is 12.0. The van der Waals surface area contributed by atoms with Gasteiger partial charge in [0.15, 0.2) is 5.82 Å². The second-order valence-corrected chi connectivity index (χ2v) is 9.58. The van der Waals surface area contributed by atoms with Gasteiger partial charge in [0.05, 0.1) is 5.02 Å². The van der Waals surface area contributed by atoms with E-state index in [9.17, 15) is 9.90 Å². The number of halogens is 2. The second kappa shape index (κ2) is 9.19. The number of carbonyl (C=O) groups is 1. The number of nitrogens with zero attached hydrogens (tertiary/aromatic N) is 4. The Bertz CT molecular complexity index is 1480. The van der Waals surface area contributed by atoms with Crippen LogP contribution in [0.15, 0.2) is 48.8 Å². The summed E-state index contributed by atoms with van der Waals surface area (Å²) in [6, 6.07) is 12.3. The normalized spacial score (nSPS) is 18.3. The first-order chi connectivity index (χ1) is 17.5. The zero-order valence-electron chi connectivity index (χ0n) is 19.5. The number of fused-ring (bicyclic) bond motifs is 2. The fourth-order valence-corrected chi connectivity index (χ4v) is 5.53. The van der Waals surface area contributed by atoms with Gasteiger partial charge in [-0.15, -0.1) is 0 Å². The molecule has 4 aromatic rings. The molecule has 0 saturated carbocycles. The average Bonchev–Trinajstić information content (AvgIpc) is 3.43. The summed E-state index contributed by atoms with van der Waals surface area (Å²) in [4.78, 5) is 25.3. The molecular formula is C27H24ClFN4O3. The highest BCUT2D eigenvalue weighted by Crippen LogP contribution is 2.41. The van der Waals surface area contributed by atoms with Gasteiger partial charge in [-0.1, -0.05) is 35.9 Å². The van der Waals surface area contributed by atoms with Gasteiger partial charge in [-0.3, -0.25) is 4.79 Å². The zero-order chi connectivity index (χ0) is 24.8. The van der Waals surface area contributed by atoms with Crippen LogP contribution in [0, 0.1) is 5.82 Å². The van der Waals surface area contributed by atoms with E-state index in [4.69, 9.17) is 16.3 Å². The van der Waals surface area contributed by atoms with Crippen molar-refractivity contribution in [2.24, 2.45) is 0 Å². The van der Waals surface area contributed by atoms with Crippen molar-refractivity contribution in [3.8, 4) is 16.9 Å². The van der Waals surface area contributed by atoms with Gasteiger partial charge in [0.2, 0.25) is 0 Å². The van der Waals surface area contributed by atoms with Crippen LogP contribution in [0.4, 0.5) is 10.2 Å². The molecule has 0 spiro atoms. The van der Waals surface area contributed by atoms with E-state index in [1.165, 1.54) is 12.4 Å². The van der Waals surface area contributed by atoms with Crippen molar-refractivity contribution in [3.63, 3.8) is 0 Å². The molecule has 184 valence electrons. The van der Waals surface area contributed by atoms with Gasteiger partial charge in [-0.2, -0.15) is 0 Å². The molecule has 2 saturated heterocycles. The highest BCUT2D eigenvalue weighted by Gasteiger charge is 2.31. The highest BCUT2D eigenvalue weighted by molar-refractivity contribution is 6.35. The smallest absolute Gasteiger partial charge is 0.251 e. The van der Waals surface area contributed by atoms with Crippen LogP contribution in [0.5, 0.6) is 5.75 Å². The number of piperazine rings is 1. The van der Waals surface area contributed by atoms with Gasteiger partial charge in [0, 0.05) is 43.7 Å². The van der Waals surface area contributed by atoms with Crippen molar-refractivity contribution in [2.75, 3.05) is 37.7 Å². The van der Waals surface area contributed by atoms with Crippen molar-refractivity contribution >= 4 is 45.0 Å². The van der Waals surface area contributed by atoms with Crippen LogP contribution in [-0.2, 0) is 9.53 Å². The summed E-state index contributed by atoms with van der Waals surface area (Å²) >= 11 is 6.68. The average molecular weight is 507 g/mol. The summed E-state index contributed by atoms with van der Waals surface area (Å²) in [6.45, 7) is 2.82. The van der Waals surface area contributed by atoms with Crippen LogP contribution in [-0.4, -0.2) is 64.8 Å². The number of carbonyl (C=O) groups excluding carboxylic acids is 1. The first-order valence-corrected chi connectivity index (χ1v) is 12.4. The Kier molecular flexibility index (Phi) is 5.85. The van der Waals surface area contributed by atoms with E-state index >= 15 is 4.39 Å². The number of hydrogen-bond acceptors (Lipinski definition) is 6. The summed E-state index contributed by atoms with van der Waals surface area (Å²) in [5.74, 6) is 0.0799. The molecule has 3 heterocycles. The molecule has 1 amide bonds. The van der Waals surface area contributed by atoms with Crippen LogP contribution < -0.4 is 4.90 Å². The van der Waals surface area contributed by atoms with Crippen LogP contribution in [0.1, 0.15) is 12.8 Å². The number of hydrogen-bond donors (Lipinski definition) is 1. The lowest BCUT2D eigenvalue weighted by Crippen LogP contribution is -2.51. The Morgan fingerprint density at radius 1 is 1.08 bits per heavy atom. The number of aromatic nitrogens is 2. The van der Waals surface area contributed by atoms with Gasteiger partial charge in [0.1, 0.15) is 29.5 Å². The van der Waals surface area contributed by atoms with E-state index in [0.29, 0.717) is 49.6 Å². The minimum Gasteiger partial charge on any atom is -0.508 e. The summed E-state index contributed by atoms with van der Waals surface area (Å²) in [7, 11) is 0. The van der Waals surface area contributed by atoms with E-state index in [0.717, 1.165) is 23.6 Å². The number of amides is 1. The fourth-order valence-electron chi connectivity index (χ4n) is 5.23. The minimum absolute atomic E-state index is 0.0260. The molecular weight excluding hydrogens is 483 g/mol. The maximum absolute atomic E-state index is 16.0. The van der Waals surface area contributed by atoms with Gasteiger partial charge < -0.3 is 19.6 Å². The molecule has 2 aliphatic rings. The summed E-state index contributed by atoms with van der Waals surface area (Å²) in [5.41, 5.74) is 0.842. The third-order valence-electron chi connectivity index (χ3n) is 7.01. The van der Waals surface area contributed by atoms with Gasteiger partial charge in [-0.25, -0.2) is 14.4 Å². The molecule has 0 radical (unpaired) electrons. The molecule has 36 heavy (non-hydrogen) atoms. The summed E-state index contributed by atoms with van der Waals surface area (Å²) < 4.78 is 21.6. The lowest BCUT2D eigenvalue weighted by atomic mass is 9.96. The zero-order valence-corrected chi connectivity index (χ0v) is 20.2. The topological polar surface area (TPSA) is 78.8 Å². The molecule has 6 rings (SSSR count).